The summed E-state index contributed by atoms with van der Waals surface area (Å²) >= 11 is 6.30. The van der Waals surface area contributed by atoms with Gasteiger partial charge in [-0.2, -0.15) is 9.40 Å². The molecule has 10 heteroatoms. The number of thioether (sulfide) groups is 1. The van der Waals surface area contributed by atoms with E-state index in [0.29, 0.717) is 39.1 Å². The quantitative estimate of drug-likeness (QED) is 0.427. The van der Waals surface area contributed by atoms with Crippen LogP contribution in [-0.2, 0) is 14.8 Å². The highest BCUT2D eigenvalue weighted by molar-refractivity contribution is 8.26. The lowest BCUT2D eigenvalue weighted by molar-refractivity contribution is -0.115. The number of amides is 1. The summed E-state index contributed by atoms with van der Waals surface area (Å²) in [6, 6.07) is 16.4. The van der Waals surface area contributed by atoms with Crippen LogP contribution in [0.2, 0.25) is 0 Å². The number of sulfonamides is 1. The van der Waals surface area contributed by atoms with E-state index in [1.54, 1.807) is 29.0 Å². The van der Waals surface area contributed by atoms with E-state index < -0.39 is 10.0 Å². The fraction of sp³-hybridized carbons (Fsp3) is 0.174. The molecular weight excluding hydrogens is 476 g/mol. The van der Waals surface area contributed by atoms with Crippen molar-refractivity contribution in [2.75, 3.05) is 13.1 Å². The van der Waals surface area contributed by atoms with Crippen LogP contribution >= 0.6 is 24.0 Å². The van der Waals surface area contributed by atoms with Gasteiger partial charge < -0.3 is 5.32 Å². The van der Waals surface area contributed by atoms with E-state index in [4.69, 9.17) is 17.3 Å². The number of benzene rings is 2. The summed E-state index contributed by atoms with van der Waals surface area (Å²) in [5.41, 5.74) is 2.78. The molecule has 2 fully saturated rings. The zero-order chi connectivity index (χ0) is 23.0. The highest BCUT2D eigenvalue weighted by atomic mass is 32.2. The maximum Gasteiger partial charge on any atom is 0.263 e. The van der Waals surface area contributed by atoms with Gasteiger partial charge in [-0.1, -0.05) is 54.3 Å². The Labute approximate surface area is 201 Å². The second kappa shape index (κ2) is 8.86. The fourth-order valence-electron chi connectivity index (χ4n) is 3.87. The van der Waals surface area contributed by atoms with Gasteiger partial charge in [-0.15, -0.1) is 0 Å². The summed E-state index contributed by atoms with van der Waals surface area (Å²) in [4.78, 5) is 13.0. The van der Waals surface area contributed by atoms with Gasteiger partial charge in [0.1, 0.15) is 10.0 Å². The van der Waals surface area contributed by atoms with E-state index in [0.717, 1.165) is 18.5 Å². The van der Waals surface area contributed by atoms with Gasteiger partial charge in [-0.25, -0.2) is 13.1 Å². The Balaban J connectivity index is 1.61. The number of carbonyl (C=O) groups excluding carboxylic acids is 1. The van der Waals surface area contributed by atoms with E-state index in [2.05, 4.69) is 5.32 Å². The average Bonchev–Trinajstić information content (AvgIpc) is 3.56. The first-order valence-corrected chi connectivity index (χ1v) is 13.1. The first-order chi connectivity index (χ1) is 15.9. The Hall–Kier alpha value is -2.79. The number of nitrogens with one attached hydrogen (secondary N) is 1. The molecule has 7 nitrogen and oxygen atoms in total. The van der Waals surface area contributed by atoms with E-state index >= 15 is 0 Å². The number of thiocarbonyl (C=S) groups is 1. The van der Waals surface area contributed by atoms with E-state index in [1.165, 1.54) is 16.1 Å². The SMILES string of the molecule is O=C1NC(=S)SC1=Cc1cn(-c2ccccc2)nc1-c1cccc(S(=O)(=O)N2CCCC2)c1. The Morgan fingerprint density at radius 3 is 2.52 bits per heavy atom. The van der Waals surface area contributed by atoms with Crippen LogP contribution in [0.3, 0.4) is 0 Å². The van der Waals surface area contributed by atoms with Gasteiger partial charge in [0, 0.05) is 30.4 Å². The van der Waals surface area contributed by atoms with Crippen molar-refractivity contribution in [1.82, 2.24) is 19.4 Å². The molecule has 2 aliphatic heterocycles. The highest BCUT2D eigenvalue weighted by Crippen LogP contribution is 2.32. The Kier molecular flexibility index (Phi) is 5.92. The number of para-hydroxylation sites is 1. The van der Waals surface area contributed by atoms with Gasteiger partial charge in [0.25, 0.3) is 5.91 Å². The van der Waals surface area contributed by atoms with Crippen LogP contribution in [0.1, 0.15) is 18.4 Å². The van der Waals surface area contributed by atoms with Crippen LogP contribution < -0.4 is 5.32 Å². The van der Waals surface area contributed by atoms with Crippen molar-refractivity contribution >= 4 is 50.3 Å². The molecule has 168 valence electrons. The lowest BCUT2D eigenvalue weighted by atomic mass is 10.1. The molecule has 2 aromatic carbocycles. The standard InChI is InChI=1S/C23H20N4O3S3/c28-22-20(32-23(31)24-22)14-17-15-27(18-8-2-1-3-9-18)25-21(17)16-7-6-10-19(13-16)33(29,30)26-11-4-5-12-26/h1-3,6-10,13-15H,4-5,11-12H2,(H,24,28,31). The van der Waals surface area contributed by atoms with Crippen molar-refractivity contribution in [3.8, 4) is 16.9 Å². The zero-order valence-corrected chi connectivity index (χ0v) is 19.9. The topological polar surface area (TPSA) is 84.3 Å². The summed E-state index contributed by atoms with van der Waals surface area (Å²) in [5.74, 6) is -0.256. The summed E-state index contributed by atoms with van der Waals surface area (Å²) < 4.78 is 29.9. The molecule has 1 aromatic heterocycles. The molecule has 0 saturated carbocycles. The molecule has 0 bridgehead atoms. The lowest BCUT2D eigenvalue weighted by Gasteiger charge is -2.15. The Morgan fingerprint density at radius 1 is 1.06 bits per heavy atom. The third-order valence-electron chi connectivity index (χ3n) is 5.50. The second-order valence-electron chi connectivity index (χ2n) is 7.70. The number of hydrogen-bond donors (Lipinski definition) is 1. The first kappa shape index (κ1) is 22.0. The molecule has 2 saturated heterocycles. The van der Waals surface area contributed by atoms with Crippen LogP contribution in [0.15, 0.2) is 70.6 Å². The fourth-order valence-corrected chi connectivity index (χ4v) is 6.47. The van der Waals surface area contributed by atoms with E-state index in [-0.39, 0.29) is 10.8 Å². The van der Waals surface area contributed by atoms with Gasteiger partial charge >= 0.3 is 0 Å². The van der Waals surface area contributed by atoms with Crippen LogP contribution in [-0.4, -0.2) is 45.8 Å². The molecule has 2 aliphatic rings. The minimum atomic E-state index is -3.57. The second-order valence-corrected chi connectivity index (χ2v) is 11.4. The van der Waals surface area contributed by atoms with E-state index in [1.807, 2.05) is 42.6 Å². The smallest absolute Gasteiger partial charge is 0.263 e. The van der Waals surface area contributed by atoms with Gasteiger partial charge in [0.15, 0.2) is 0 Å². The molecular formula is C23H20N4O3S3. The molecule has 33 heavy (non-hydrogen) atoms. The predicted molar refractivity (Wildman–Crippen MR) is 133 cm³/mol. The number of carbonyl (C=O) groups is 1. The summed E-state index contributed by atoms with van der Waals surface area (Å²) in [7, 11) is -3.57. The van der Waals surface area contributed by atoms with Crippen molar-refractivity contribution in [1.29, 1.82) is 0 Å². The molecule has 3 aromatic rings. The molecule has 0 spiro atoms. The third-order valence-corrected chi connectivity index (χ3v) is 8.56. The van der Waals surface area contributed by atoms with Crippen molar-refractivity contribution in [2.24, 2.45) is 0 Å². The summed E-state index contributed by atoms with van der Waals surface area (Å²) in [6.45, 7) is 1.08. The minimum Gasteiger partial charge on any atom is -0.307 e. The monoisotopic (exact) mass is 496 g/mol. The Bertz CT molecular complexity index is 1370. The molecule has 5 rings (SSSR count). The number of nitrogens with zero attached hydrogens (tertiary/aromatic N) is 3. The summed E-state index contributed by atoms with van der Waals surface area (Å²) in [6.07, 6.45) is 5.32. The summed E-state index contributed by atoms with van der Waals surface area (Å²) in [5, 5.41) is 7.37. The number of hydrogen-bond acceptors (Lipinski definition) is 6. The predicted octanol–water partition coefficient (Wildman–Crippen LogP) is 3.81. The van der Waals surface area contributed by atoms with Crippen molar-refractivity contribution in [3.05, 3.63) is 71.3 Å². The van der Waals surface area contributed by atoms with E-state index in [9.17, 15) is 13.2 Å². The molecule has 0 unspecified atom stereocenters. The molecule has 0 aliphatic carbocycles. The molecule has 0 atom stereocenters. The maximum atomic E-state index is 13.1. The van der Waals surface area contributed by atoms with Crippen LogP contribution in [0.25, 0.3) is 23.0 Å². The number of rotatable bonds is 5. The van der Waals surface area contributed by atoms with Crippen molar-refractivity contribution in [3.63, 3.8) is 0 Å². The molecule has 3 heterocycles. The first-order valence-electron chi connectivity index (χ1n) is 10.4. The molecule has 1 N–H and O–H groups in total. The van der Waals surface area contributed by atoms with Gasteiger partial charge in [-0.05, 0) is 43.2 Å². The van der Waals surface area contributed by atoms with Crippen molar-refractivity contribution in [2.45, 2.75) is 17.7 Å². The van der Waals surface area contributed by atoms with Gasteiger partial charge in [0.05, 0.1) is 15.5 Å². The minimum absolute atomic E-state index is 0.240. The maximum absolute atomic E-state index is 13.1. The van der Waals surface area contributed by atoms with Gasteiger partial charge in [0.2, 0.25) is 10.0 Å². The van der Waals surface area contributed by atoms with Crippen LogP contribution in [0.5, 0.6) is 0 Å². The largest absolute Gasteiger partial charge is 0.307 e. The lowest BCUT2D eigenvalue weighted by Crippen LogP contribution is -2.27. The van der Waals surface area contributed by atoms with Crippen molar-refractivity contribution < 1.29 is 13.2 Å². The highest BCUT2D eigenvalue weighted by Gasteiger charge is 2.28. The van der Waals surface area contributed by atoms with Gasteiger partial charge in [-0.3, -0.25) is 4.79 Å². The number of aromatic nitrogens is 2. The normalized spacial score (nSPS) is 18.2. The average molecular weight is 497 g/mol. The van der Waals surface area contributed by atoms with Crippen LogP contribution in [0, 0.1) is 0 Å². The molecule has 0 radical (unpaired) electrons. The molecule has 1 amide bonds. The van der Waals surface area contributed by atoms with Crippen LogP contribution in [0.4, 0.5) is 0 Å². The zero-order valence-electron chi connectivity index (χ0n) is 17.5. The Morgan fingerprint density at radius 2 is 1.82 bits per heavy atom. The third kappa shape index (κ3) is 4.39.